The number of hydrogen-bond donors (Lipinski definition) is 0. The molecule has 1 aromatic carbocycles. The number of aromatic nitrogens is 2. The molecular formula is C14H13BrCl2N2. The summed E-state index contributed by atoms with van der Waals surface area (Å²) in [7, 11) is 0. The van der Waals surface area contributed by atoms with Gasteiger partial charge in [-0.1, -0.05) is 65.1 Å². The van der Waals surface area contributed by atoms with Crippen molar-refractivity contribution in [3.63, 3.8) is 0 Å². The summed E-state index contributed by atoms with van der Waals surface area (Å²) in [6.07, 6.45) is 0.608. The Hall–Kier alpha value is -0.640. The molecule has 0 N–H and O–H groups in total. The van der Waals surface area contributed by atoms with Gasteiger partial charge in [0.25, 0.3) is 0 Å². The van der Waals surface area contributed by atoms with Gasteiger partial charge in [-0.2, -0.15) is 0 Å². The van der Waals surface area contributed by atoms with Crippen molar-refractivity contribution in [1.29, 1.82) is 0 Å². The predicted molar refractivity (Wildman–Crippen MR) is 83.1 cm³/mol. The highest BCUT2D eigenvalue weighted by atomic mass is 79.9. The third-order valence-electron chi connectivity index (χ3n) is 2.73. The Kier molecular flexibility index (Phi) is 4.82. The minimum Gasteiger partial charge on any atom is -0.220 e. The number of nitrogens with zero attached hydrogens (tertiary/aromatic N) is 2. The van der Waals surface area contributed by atoms with Crippen molar-refractivity contribution < 1.29 is 0 Å². The minimum absolute atomic E-state index is 0.208. The third kappa shape index (κ3) is 3.68. The summed E-state index contributed by atoms with van der Waals surface area (Å²) < 4.78 is 1.03. The van der Waals surface area contributed by atoms with Crippen molar-refractivity contribution in [1.82, 2.24) is 9.97 Å². The van der Waals surface area contributed by atoms with Gasteiger partial charge in [-0.3, -0.25) is 0 Å². The summed E-state index contributed by atoms with van der Waals surface area (Å²) in [5, 5.41) is 0.889. The molecule has 0 fully saturated rings. The van der Waals surface area contributed by atoms with Gasteiger partial charge in [0, 0.05) is 16.5 Å². The summed E-state index contributed by atoms with van der Waals surface area (Å²) in [4.78, 5) is 8.67. The van der Waals surface area contributed by atoms with E-state index < -0.39 is 0 Å². The van der Waals surface area contributed by atoms with Gasteiger partial charge in [0.15, 0.2) is 0 Å². The van der Waals surface area contributed by atoms with Gasteiger partial charge in [-0.15, -0.1) is 0 Å². The van der Waals surface area contributed by atoms with Crippen LogP contribution in [0.1, 0.15) is 36.7 Å². The molecule has 0 spiro atoms. The van der Waals surface area contributed by atoms with Crippen LogP contribution in [-0.2, 0) is 6.42 Å². The van der Waals surface area contributed by atoms with E-state index in [0.29, 0.717) is 22.6 Å². The van der Waals surface area contributed by atoms with Crippen LogP contribution in [0.2, 0.25) is 10.3 Å². The smallest absolute Gasteiger partial charge is 0.137 e. The molecule has 1 heterocycles. The molecule has 100 valence electrons. The van der Waals surface area contributed by atoms with E-state index >= 15 is 0 Å². The van der Waals surface area contributed by atoms with Crippen LogP contribution >= 0.6 is 39.1 Å². The third-order valence-corrected chi connectivity index (χ3v) is 3.80. The van der Waals surface area contributed by atoms with E-state index in [1.165, 1.54) is 0 Å². The van der Waals surface area contributed by atoms with Crippen LogP contribution in [0, 0.1) is 0 Å². The van der Waals surface area contributed by atoms with Crippen LogP contribution in [0.4, 0.5) is 0 Å². The number of rotatable bonds is 3. The molecule has 0 aliphatic carbocycles. The van der Waals surface area contributed by atoms with E-state index in [4.69, 9.17) is 23.2 Å². The van der Waals surface area contributed by atoms with Crippen LogP contribution < -0.4 is 0 Å². The topological polar surface area (TPSA) is 25.8 Å². The van der Waals surface area contributed by atoms with Crippen LogP contribution in [0.25, 0.3) is 0 Å². The van der Waals surface area contributed by atoms with E-state index in [-0.39, 0.29) is 5.92 Å². The summed E-state index contributed by atoms with van der Waals surface area (Å²) in [5.74, 6) is 0.845. The lowest BCUT2D eigenvalue weighted by atomic mass is 10.1. The Morgan fingerprint density at radius 3 is 2.32 bits per heavy atom. The first-order valence-corrected chi connectivity index (χ1v) is 7.48. The number of halogens is 3. The fourth-order valence-corrected chi connectivity index (χ4v) is 3.15. The van der Waals surface area contributed by atoms with Gasteiger partial charge in [0.05, 0.1) is 0 Å². The molecule has 0 aliphatic rings. The van der Waals surface area contributed by atoms with Crippen molar-refractivity contribution in [3.05, 3.63) is 56.0 Å². The zero-order valence-electron chi connectivity index (χ0n) is 10.6. The first-order chi connectivity index (χ1) is 8.97. The Morgan fingerprint density at radius 2 is 1.79 bits per heavy atom. The minimum atomic E-state index is 0.208. The van der Waals surface area contributed by atoms with Crippen molar-refractivity contribution in [2.45, 2.75) is 26.2 Å². The highest BCUT2D eigenvalue weighted by Gasteiger charge is 2.14. The van der Waals surface area contributed by atoms with Crippen molar-refractivity contribution in [3.8, 4) is 0 Å². The second-order valence-corrected chi connectivity index (χ2v) is 6.23. The zero-order chi connectivity index (χ0) is 14.0. The molecule has 0 amide bonds. The normalized spacial score (nSPS) is 11.1. The van der Waals surface area contributed by atoms with Crippen LogP contribution in [0.3, 0.4) is 0 Å². The monoisotopic (exact) mass is 358 g/mol. The molecular weight excluding hydrogens is 347 g/mol. The summed E-state index contributed by atoms with van der Waals surface area (Å²) >= 11 is 15.8. The lowest BCUT2D eigenvalue weighted by Gasteiger charge is -2.11. The molecule has 19 heavy (non-hydrogen) atoms. The van der Waals surface area contributed by atoms with Crippen LogP contribution in [-0.4, -0.2) is 9.97 Å². The predicted octanol–water partition coefficient (Wildman–Crippen LogP) is 5.26. The molecule has 0 aliphatic heterocycles. The maximum absolute atomic E-state index is 6.18. The molecule has 1 aromatic heterocycles. The standard InChI is InChI=1S/C14H13BrCl2N2/c1-8(2)12-13(16)18-11(19-14(12)17)7-9-4-3-5-10(15)6-9/h3-6,8H,7H2,1-2H3. The highest BCUT2D eigenvalue weighted by molar-refractivity contribution is 9.10. The second kappa shape index (κ2) is 6.21. The molecule has 2 nitrogen and oxygen atoms in total. The van der Waals surface area contributed by atoms with Crippen LogP contribution in [0.15, 0.2) is 28.7 Å². The fraction of sp³-hybridized carbons (Fsp3) is 0.286. The first-order valence-electron chi connectivity index (χ1n) is 5.93. The van der Waals surface area contributed by atoms with Gasteiger partial charge >= 0.3 is 0 Å². The molecule has 0 atom stereocenters. The van der Waals surface area contributed by atoms with E-state index in [0.717, 1.165) is 15.6 Å². The van der Waals surface area contributed by atoms with E-state index in [2.05, 4.69) is 25.9 Å². The summed E-state index contributed by atoms with van der Waals surface area (Å²) in [6, 6.07) is 8.01. The molecule has 0 saturated heterocycles. The van der Waals surface area contributed by atoms with Gasteiger partial charge in [-0.25, -0.2) is 9.97 Å². The maximum atomic E-state index is 6.18. The van der Waals surface area contributed by atoms with Gasteiger partial charge in [-0.05, 0) is 23.6 Å². The van der Waals surface area contributed by atoms with Gasteiger partial charge < -0.3 is 0 Å². The largest absolute Gasteiger partial charge is 0.220 e. The van der Waals surface area contributed by atoms with Crippen LogP contribution in [0.5, 0.6) is 0 Å². The first kappa shape index (κ1) is 14.8. The molecule has 0 unspecified atom stereocenters. The Balaban J connectivity index is 2.32. The average Bonchev–Trinajstić information content (AvgIpc) is 2.27. The number of hydrogen-bond acceptors (Lipinski definition) is 2. The van der Waals surface area contributed by atoms with Gasteiger partial charge in [0.2, 0.25) is 0 Å². The molecule has 2 aromatic rings. The summed E-state index contributed by atoms with van der Waals surface area (Å²) in [5.41, 5.74) is 1.92. The average molecular weight is 360 g/mol. The molecule has 0 radical (unpaired) electrons. The lowest BCUT2D eigenvalue weighted by Crippen LogP contribution is -2.03. The maximum Gasteiger partial charge on any atom is 0.137 e. The van der Waals surface area contributed by atoms with Gasteiger partial charge in [0.1, 0.15) is 16.1 Å². The summed E-state index contributed by atoms with van der Waals surface area (Å²) in [6.45, 7) is 4.04. The molecule has 0 bridgehead atoms. The van der Waals surface area contributed by atoms with E-state index in [9.17, 15) is 0 Å². The quantitative estimate of drug-likeness (QED) is 0.698. The number of benzene rings is 1. The van der Waals surface area contributed by atoms with E-state index in [1.807, 2.05) is 38.1 Å². The Labute approximate surface area is 131 Å². The lowest BCUT2D eigenvalue weighted by molar-refractivity contribution is 0.830. The fourth-order valence-electron chi connectivity index (χ4n) is 1.84. The van der Waals surface area contributed by atoms with Crippen molar-refractivity contribution >= 4 is 39.1 Å². The second-order valence-electron chi connectivity index (χ2n) is 4.60. The molecule has 5 heteroatoms. The Bertz CT molecular complexity index is 577. The SMILES string of the molecule is CC(C)c1c(Cl)nc(Cc2cccc(Br)c2)nc1Cl. The van der Waals surface area contributed by atoms with E-state index in [1.54, 1.807) is 0 Å². The molecule has 2 rings (SSSR count). The Morgan fingerprint density at radius 1 is 1.16 bits per heavy atom. The van der Waals surface area contributed by atoms with Crippen molar-refractivity contribution in [2.24, 2.45) is 0 Å². The zero-order valence-corrected chi connectivity index (χ0v) is 13.7. The highest BCUT2D eigenvalue weighted by Crippen LogP contribution is 2.29. The molecule has 0 saturated carbocycles. The van der Waals surface area contributed by atoms with Crippen molar-refractivity contribution in [2.75, 3.05) is 0 Å².